The first kappa shape index (κ1) is 25.1. The number of hydrogen-bond donors (Lipinski definition) is 0. The Balaban J connectivity index is 1.96. The van der Waals surface area contributed by atoms with E-state index in [1.54, 1.807) is 0 Å². The Hall–Kier alpha value is -1.18. The lowest BCUT2D eigenvalue weighted by Crippen LogP contribution is -2.37. The molecule has 0 bridgehead atoms. The van der Waals surface area contributed by atoms with Crippen molar-refractivity contribution in [1.82, 2.24) is 0 Å². The van der Waals surface area contributed by atoms with Crippen LogP contribution >= 0.6 is 0 Å². The highest BCUT2D eigenvalue weighted by Gasteiger charge is 2.34. The molecule has 1 aromatic carbocycles. The van der Waals surface area contributed by atoms with E-state index in [0.717, 1.165) is 37.4 Å². The summed E-state index contributed by atoms with van der Waals surface area (Å²) >= 11 is 0. The molecule has 1 aromatic rings. The summed E-state index contributed by atoms with van der Waals surface area (Å²) < 4.78 is 13.0. The van der Waals surface area contributed by atoms with Gasteiger partial charge in [-0.2, -0.15) is 0 Å². The average molecular weight is 417 g/mol. The summed E-state index contributed by atoms with van der Waals surface area (Å²) in [7, 11) is 0. The van der Waals surface area contributed by atoms with Crippen LogP contribution in [0.1, 0.15) is 126 Å². The zero-order valence-electron chi connectivity index (χ0n) is 20.9. The molecule has 1 aliphatic rings. The average Bonchev–Trinajstić information content (AvgIpc) is 2.73. The molecule has 0 spiro atoms. The smallest absolute Gasteiger partial charge is 0.127 e. The molecular weight excluding hydrogens is 368 g/mol. The number of hydrogen-bond acceptors (Lipinski definition) is 2. The Labute approximate surface area is 187 Å². The quantitative estimate of drug-likeness (QED) is 0.282. The second-order valence-electron chi connectivity index (χ2n) is 9.84. The molecular formula is C28H48O2. The summed E-state index contributed by atoms with van der Waals surface area (Å²) in [5.41, 5.74) is 5.23. The van der Waals surface area contributed by atoms with Gasteiger partial charge in [0.05, 0.1) is 6.61 Å². The lowest BCUT2D eigenvalue weighted by molar-refractivity contribution is 0.0521. The fourth-order valence-electron chi connectivity index (χ4n) is 4.83. The van der Waals surface area contributed by atoms with E-state index < -0.39 is 0 Å². The fourth-order valence-corrected chi connectivity index (χ4v) is 4.83. The maximum absolute atomic E-state index is 6.71. The Kier molecular flexibility index (Phi) is 10.6. The largest absolute Gasteiger partial charge is 0.493 e. The summed E-state index contributed by atoms with van der Waals surface area (Å²) in [4.78, 5) is 0. The summed E-state index contributed by atoms with van der Waals surface area (Å²) in [6.07, 6.45) is 17.9. The third-order valence-corrected chi connectivity index (χ3v) is 7.12. The van der Waals surface area contributed by atoms with Crippen molar-refractivity contribution in [1.29, 1.82) is 0 Å². The minimum absolute atomic E-state index is 0.0113. The summed E-state index contributed by atoms with van der Waals surface area (Å²) in [5.74, 6) is 2.27. The second-order valence-corrected chi connectivity index (χ2v) is 9.84. The number of fused-ring (bicyclic) bond motifs is 1. The van der Waals surface area contributed by atoms with E-state index in [1.807, 2.05) is 0 Å². The first-order valence-corrected chi connectivity index (χ1v) is 12.9. The van der Waals surface area contributed by atoms with Gasteiger partial charge in [0.25, 0.3) is 0 Å². The molecule has 0 saturated carbocycles. The van der Waals surface area contributed by atoms with Crippen molar-refractivity contribution < 1.29 is 9.47 Å². The SMILES string of the molecule is CCCCCCCCCC1(C)CCc2c(C)c(OCCCCCC)c(C)c(C)c2O1. The van der Waals surface area contributed by atoms with Crippen molar-refractivity contribution in [3.05, 3.63) is 22.3 Å². The third-order valence-electron chi connectivity index (χ3n) is 7.12. The summed E-state index contributed by atoms with van der Waals surface area (Å²) in [5, 5.41) is 0. The highest BCUT2D eigenvalue weighted by molar-refractivity contribution is 5.59. The van der Waals surface area contributed by atoms with Crippen LogP contribution in [0.15, 0.2) is 0 Å². The summed E-state index contributed by atoms with van der Waals surface area (Å²) in [6, 6.07) is 0. The minimum Gasteiger partial charge on any atom is -0.493 e. The van der Waals surface area contributed by atoms with E-state index in [2.05, 4.69) is 41.5 Å². The molecule has 2 heteroatoms. The van der Waals surface area contributed by atoms with Gasteiger partial charge in [-0.15, -0.1) is 0 Å². The number of ether oxygens (including phenoxy) is 2. The number of unbranched alkanes of at least 4 members (excludes halogenated alkanes) is 9. The molecule has 2 nitrogen and oxygen atoms in total. The predicted molar refractivity (Wildman–Crippen MR) is 130 cm³/mol. The van der Waals surface area contributed by atoms with Gasteiger partial charge in [0.2, 0.25) is 0 Å². The van der Waals surface area contributed by atoms with E-state index in [9.17, 15) is 0 Å². The molecule has 0 aliphatic carbocycles. The van der Waals surface area contributed by atoms with Gasteiger partial charge >= 0.3 is 0 Å². The Morgan fingerprint density at radius 1 is 0.767 bits per heavy atom. The van der Waals surface area contributed by atoms with E-state index in [0.29, 0.717) is 0 Å². The molecule has 0 saturated heterocycles. The monoisotopic (exact) mass is 416 g/mol. The van der Waals surface area contributed by atoms with Gasteiger partial charge < -0.3 is 9.47 Å². The first-order chi connectivity index (χ1) is 14.4. The molecule has 0 amide bonds. The third kappa shape index (κ3) is 6.92. The normalized spacial score (nSPS) is 18.2. The maximum atomic E-state index is 6.71. The van der Waals surface area contributed by atoms with Gasteiger partial charge in [0.1, 0.15) is 17.1 Å². The lowest BCUT2D eigenvalue weighted by Gasteiger charge is -2.38. The Bertz CT molecular complexity index is 649. The van der Waals surface area contributed by atoms with Crippen LogP contribution in [0.5, 0.6) is 11.5 Å². The Morgan fingerprint density at radius 2 is 1.37 bits per heavy atom. The van der Waals surface area contributed by atoms with Crippen LogP contribution in [0.2, 0.25) is 0 Å². The highest BCUT2D eigenvalue weighted by atomic mass is 16.5. The minimum atomic E-state index is -0.0113. The van der Waals surface area contributed by atoms with Crippen LogP contribution < -0.4 is 9.47 Å². The molecule has 0 aromatic heterocycles. The number of rotatable bonds is 14. The molecule has 0 fully saturated rings. The van der Waals surface area contributed by atoms with Gasteiger partial charge in [-0.3, -0.25) is 0 Å². The molecule has 1 atom stereocenters. The van der Waals surface area contributed by atoms with E-state index in [4.69, 9.17) is 9.47 Å². The molecule has 172 valence electrons. The van der Waals surface area contributed by atoms with Crippen molar-refractivity contribution >= 4 is 0 Å². The zero-order chi connectivity index (χ0) is 22.0. The lowest BCUT2D eigenvalue weighted by atomic mass is 9.84. The van der Waals surface area contributed by atoms with Crippen LogP contribution in [0.4, 0.5) is 0 Å². The first-order valence-electron chi connectivity index (χ1n) is 12.9. The van der Waals surface area contributed by atoms with Crippen molar-refractivity contribution in [2.45, 2.75) is 137 Å². The predicted octanol–water partition coefficient (Wildman–Crippen LogP) is 8.80. The van der Waals surface area contributed by atoms with Crippen molar-refractivity contribution in [3.63, 3.8) is 0 Å². The maximum Gasteiger partial charge on any atom is 0.127 e. The molecule has 30 heavy (non-hydrogen) atoms. The Morgan fingerprint density at radius 3 is 2.03 bits per heavy atom. The summed E-state index contributed by atoms with van der Waals surface area (Å²) in [6.45, 7) is 14.4. The molecule has 0 radical (unpaired) electrons. The molecule has 1 unspecified atom stereocenters. The zero-order valence-corrected chi connectivity index (χ0v) is 20.9. The highest BCUT2D eigenvalue weighted by Crippen LogP contribution is 2.45. The van der Waals surface area contributed by atoms with Crippen LogP contribution in [-0.4, -0.2) is 12.2 Å². The van der Waals surface area contributed by atoms with E-state index in [1.165, 1.54) is 92.9 Å². The standard InChI is InChI=1S/C28H48O2/c1-7-9-11-13-14-15-16-19-28(6)20-18-25-24(5)26(29-21-17-12-10-8-2)22(3)23(4)27(25)30-28/h7-21H2,1-6H3. The fraction of sp³-hybridized carbons (Fsp3) is 0.786. The van der Waals surface area contributed by atoms with Crippen molar-refractivity contribution in [2.75, 3.05) is 6.61 Å². The second kappa shape index (κ2) is 12.6. The molecule has 0 N–H and O–H groups in total. The van der Waals surface area contributed by atoms with Crippen molar-refractivity contribution in [3.8, 4) is 11.5 Å². The van der Waals surface area contributed by atoms with Crippen LogP contribution in [0, 0.1) is 20.8 Å². The van der Waals surface area contributed by atoms with Gasteiger partial charge in [0.15, 0.2) is 0 Å². The van der Waals surface area contributed by atoms with Gasteiger partial charge in [0, 0.05) is 5.56 Å². The van der Waals surface area contributed by atoms with E-state index >= 15 is 0 Å². The molecule has 1 aliphatic heterocycles. The molecule has 1 heterocycles. The van der Waals surface area contributed by atoms with Crippen molar-refractivity contribution in [2.24, 2.45) is 0 Å². The van der Waals surface area contributed by atoms with Gasteiger partial charge in [-0.25, -0.2) is 0 Å². The van der Waals surface area contributed by atoms with Gasteiger partial charge in [-0.1, -0.05) is 71.6 Å². The van der Waals surface area contributed by atoms with Crippen LogP contribution in [0.3, 0.4) is 0 Å². The number of benzene rings is 1. The van der Waals surface area contributed by atoms with Crippen LogP contribution in [-0.2, 0) is 6.42 Å². The molecule has 2 rings (SSSR count). The van der Waals surface area contributed by atoms with E-state index in [-0.39, 0.29) is 5.60 Å². The van der Waals surface area contributed by atoms with Gasteiger partial charge in [-0.05, 0) is 76.5 Å². The topological polar surface area (TPSA) is 18.5 Å². The van der Waals surface area contributed by atoms with Crippen LogP contribution in [0.25, 0.3) is 0 Å².